The van der Waals surface area contributed by atoms with Gasteiger partial charge < -0.3 is 18.8 Å². The van der Waals surface area contributed by atoms with E-state index in [-0.39, 0.29) is 21.8 Å². The fourth-order valence-electron chi connectivity index (χ4n) is 4.64. The average molecular weight is 566 g/mol. The Morgan fingerprint density at radius 2 is 1.74 bits per heavy atom. The first kappa shape index (κ1) is 25.1. The van der Waals surface area contributed by atoms with Crippen molar-refractivity contribution in [3.8, 4) is 11.5 Å². The maximum atomic E-state index is 13.3. The number of carbonyl (C=O) groups is 2. The summed E-state index contributed by atoms with van der Waals surface area (Å²) in [6.07, 6.45) is 0.646. The maximum absolute atomic E-state index is 13.3. The van der Waals surface area contributed by atoms with Crippen LogP contribution >= 0.6 is 11.3 Å². The van der Waals surface area contributed by atoms with Crippen LogP contribution in [0.5, 0.6) is 11.5 Å². The van der Waals surface area contributed by atoms with E-state index in [0.717, 1.165) is 10.3 Å². The van der Waals surface area contributed by atoms with Crippen LogP contribution in [0.3, 0.4) is 0 Å². The first-order valence-electron chi connectivity index (χ1n) is 12.1. The van der Waals surface area contributed by atoms with Gasteiger partial charge in [-0.2, -0.15) is 4.99 Å². The number of rotatable bonds is 5. The van der Waals surface area contributed by atoms with Crippen molar-refractivity contribution < 1.29 is 32.2 Å². The number of nitrogens with zero attached hydrogens (tertiary/aromatic N) is 3. The minimum atomic E-state index is -3.79. The fraction of sp³-hybridized carbons (Fsp3) is 0.222. The van der Waals surface area contributed by atoms with Crippen LogP contribution < -0.4 is 18.6 Å². The molecule has 1 amide bonds. The van der Waals surface area contributed by atoms with E-state index in [0.29, 0.717) is 48.9 Å². The molecule has 0 unspecified atom stereocenters. The molecular weight excluding hydrogens is 542 g/mol. The van der Waals surface area contributed by atoms with Crippen molar-refractivity contribution in [2.75, 3.05) is 31.2 Å². The first-order valence-corrected chi connectivity index (χ1v) is 14.4. The number of benzene rings is 3. The predicted molar refractivity (Wildman–Crippen MR) is 144 cm³/mol. The molecule has 1 aromatic heterocycles. The molecule has 0 bridgehead atoms. The minimum Gasteiger partial charge on any atom is -0.486 e. The summed E-state index contributed by atoms with van der Waals surface area (Å²) in [4.78, 5) is 29.9. The summed E-state index contributed by atoms with van der Waals surface area (Å²) < 4.78 is 46.5. The molecule has 0 saturated heterocycles. The molecule has 4 aromatic rings. The highest BCUT2D eigenvalue weighted by Gasteiger charge is 2.30. The second-order valence-corrected chi connectivity index (χ2v) is 11.8. The number of aromatic nitrogens is 1. The van der Waals surface area contributed by atoms with Gasteiger partial charge in [-0.25, -0.2) is 8.42 Å². The maximum Gasteiger partial charge on any atom is 0.325 e. The van der Waals surface area contributed by atoms with Crippen molar-refractivity contribution in [2.24, 2.45) is 4.99 Å². The molecule has 2 aliphatic rings. The average Bonchev–Trinajstić information content (AvgIpc) is 3.53. The summed E-state index contributed by atoms with van der Waals surface area (Å²) in [6, 6.07) is 16.7. The van der Waals surface area contributed by atoms with Crippen LogP contribution in [0.1, 0.15) is 15.9 Å². The van der Waals surface area contributed by atoms with Crippen LogP contribution in [0.2, 0.25) is 0 Å². The summed E-state index contributed by atoms with van der Waals surface area (Å²) in [5, 5.41) is 0. The lowest BCUT2D eigenvalue weighted by Crippen LogP contribution is -2.29. The topological polar surface area (TPSA) is 117 Å². The van der Waals surface area contributed by atoms with Gasteiger partial charge >= 0.3 is 5.97 Å². The van der Waals surface area contributed by atoms with Gasteiger partial charge in [0, 0.05) is 24.2 Å². The van der Waals surface area contributed by atoms with Gasteiger partial charge in [-0.05, 0) is 42.3 Å². The van der Waals surface area contributed by atoms with Crippen LogP contribution in [-0.2, 0) is 32.5 Å². The Bertz CT molecular complexity index is 1790. The van der Waals surface area contributed by atoms with Crippen LogP contribution in [0.25, 0.3) is 10.2 Å². The van der Waals surface area contributed by atoms with Gasteiger partial charge in [-0.3, -0.25) is 13.9 Å². The van der Waals surface area contributed by atoms with Gasteiger partial charge in [-0.15, -0.1) is 0 Å². The number of thiazole rings is 1. The molecule has 3 aromatic carbocycles. The second kappa shape index (κ2) is 9.86. The SMILES string of the molecule is COC(=O)Cn1c(=NC(=O)c2ccc(S(=O)(=O)N3CCc4ccccc43)cc2)sc2cc3c(cc21)OCCO3. The third-order valence-electron chi connectivity index (χ3n) is 6.59. The highest BCUT2D eigenvalue weighted by molar-refractivity contribution is 7.92. The Kier molecular flexibility index (Phi) is 6.35. The van der Waals surface area contributed by atoms with E-state index >= 15 is 0 Å². The molecule has 6 rings (SSSR count). The molecule has 0 saturated carbocycles. The number of anilines is 1. The van der Waals surface area contributed by atoms with E-state index in [9.17, 15) is 18.0 Å². The summed E-state index contributed by atoms with van der Waals surface area (Å²) in [7, 11) is -2.50. The molecule has 0 aliphatic carbocycles. The molecule has 0 N–H and O–H groups in total. The third-order valence-corrected chi connectivity index (χ3v) is 9.46. The number of hydrogen-bond donors (Lipinski definition) is 0. The normalized spacial score (nSPS) is 14.9. The standard InChI is InChI=1S/C27H23N3O7S2/c1-35-25(31)16-29-21-14-22-23(37-13-12-36-22)15-24(21)38-27(29)28-26(32)18-6-8-19(9-7-18)39(33,34)30-11-10-17-4-2-3-5-20(17)30/h2-9,14-15H,10-13,16H2,1H3. The summed E-state index contributed by atoms with van der Waals surface area (Å²) in [5.41, 5.74) is 2.51. The lowest BCUT2D eigenvalue weighted by Gasteiger charge is -2.19. The quantitative estimate of drug-likeness (QED) is 0.341. The Balaban J connectivity index is 1.34. The minimum absolute atomic E-state index is 0.0870. The van der Waals surface area contributed by atoms with E-state index < -0.39 is 21.9 Å². The Morgan fingerprint density at radius 3 is 2.49 bits per heavy atom. The van der Waals surface area contributed by atoms with Crippen LogP contribution in [0.15, 0.2) is 70.6 Å². The monoisotopic (exact) mass is 565 g/mol. The first-order chi connectivity index (χ1) is 18.8. The number of esters is 1. The number of ether oxygens (including phenoxy) is 3. The Morgan fingerprint density at radius 1 is 1.03 bits per heavy atom. The highest BCUT2D eigenvalue weighted by Crippen LogP contribution is 2.36. The smallest absolute Gasteiger partial charge is 0.325 e. The highest BCUT2D eigenvalue weighted by atomic mass is 32.2. The van der Waals surface area contributed by atoms with Gasteiger partial charge in [0.1, 0.15) is 19.8 Å². The number of fused-ring (bicyclic) bond motifs is 3. The largest absolute Gasteiger partial charge is 0.486 e. The number of amides is 1. The van der Waals surface area contributed by atoms with Crippen molar-refractivity contribution in [3.05, 3.63) is 76.6 Å². The molecule has 0 fully saturated rings. The van der Waals surface area contributed by atoms with E-state index in [4.69, 9.17) is 14.2 Å². The molecule has 0 radical (unpaired) electrons. The van der Waals surface area contributed by atoms with Crippen molar-refractivity contribution in [1.29, 1.82) is 0 Å². The zero-order chi connectivity index (χ0) is 27.1. The number of sulfonamides is 1. The zero-order valence-corrected chi connectivity index (χ0v) is 22.5. The van der Waals surface area contributed by atoms with Gasteiger partial charge in [0.05, 0.1) is 27.9 Å². The third kappa shape index (κ3) is 4.55. The fourth-order valence-corrected chi connectivity index (χ4v) is 7.19. The van der Waals surface area contributed by atoms with E-state index in [1.165, 1.54) is 47.0 Å². The molecule has 39 heavy (non-hydrogen) atoms. The van der Waals surface area contributed by atoms with E-state index in [1.54, 1.807) is 22.8 Å². The molecule has 2 aliphatic heterocycles. The Labute approximate surface area is 227 Å². The summed E-state index contributed by atoms with van der Waals surface area (Å²) >= 11 is 1.22. The number of hydrogen-bond acceptors (Lipinski definition) is 8. The van der Waals surface area contributed by atoms with E-state index in [2.05, 4.69) is 4.99 Å². The van der Waals surface area contributed by atoms with Crippen molar-refractivity contribution in [2.45, 2.75) is 17.9 Å². The number of carbonyl (C=O) groups excluding carboxylic acids is 2. The van der Waals surface area contributed by atoms with Crippen molar-refractivity contribution >= 4 is 49.1 Å². The molecule has 10 nitrogen and oxygen atoms in total. The van der Waals surface area contributed by atoms with Crippen LogP contribution in [-0.4, -0.2) is 51.7 Å². The van der Waals surface area contributed by atoms with Gasteiger partial charge in [-0.1, -0.05) is 29.5 Å². The lowest BCUT2D eigenvalue weighted by molar-refractivity contribution is -0.141. The molecule has 200 valence electrons. The molecule has 0 spiro atoms. The van der Waals surface area contributed by atoms with E-state index in [1.807, 2.05) is 18.2 Å². The van der Waals surface area contributed by atoms with Crippen LogP contribution in [0, 0.1) is 0 Å². The van der Waals surface area contributed by atoms with Crippen molar-refractivity contribution in [1.82, 2.24) is 4.57 Å². The second-order valence-electron chi connectivity index (χ2n) is 8.91. The van der Waals surface area contributed by atoms with Gasteiger partial charge in [0.2, 0.25) is 0 Å². The van der Waals surface area contributed by atoms with Gasteiger partial charge in [0.15, 0.2) is 16.3 Å². The van der Waals surface area contributed by atoms with Crippen LogP contribution in [0.4, 0.5) is 5.69 Å². The lowest BCUT2D eigenvalue weighted by atomic mass is 10.2. The van der Waals surface area contributed by atoms with Crippen molar-refractivity contribution in [3.63, 3.8) is 0 Å². The Hall–Kier alpha value is -4.16. The molecule has 0 atom stereocenters. The predicted octanol–water partition coefficient (Wildman–Crippen LogP) is 3.14. The molecular formula is C27H23N3O7S2. The summed E-state index contributed by atoms with van der Waals surface area (Å²) in [5.74, 6) is 0.0421. The number of methoxy groups -OCH3 is 1. The summed E-state index contributed by atoms with van der Waals surface area (Å²) in [6.45, 7) is 1.04. The molecule has 3 heterocycles. The number of para-hydroxylation sites is 1. The zero-order valence-electron chi connectivity index (χ0n) is 20.8. The van der Waals surface area contributed by atoms with Gasteiger partial charge in [0.25, 0.3) is 15.9 Å². The molecule has 12 heteroatoms.